The van der Waals surface area contributed by atoms with Crippen molar-refractivity contribution in [2.24, 2.45) is 4.99 Å². The lowest BCUT2D eigenvalue weighted by Crippen LogP contribution is -2.31. The average molecular weight is 342 g/mol. The number of hydrogen-bond acceptors (Lipinski definition) is 5. The number of amides is 1. The molecule has 1 amide bonds. The van der Waals surface area contributed by atoms with Crippen LogP contribution in [0.25, 0.3) is 0 Å². The molecular weight excluding hydrogens is 324 g/mol. The lowest BCUT2D eigenvalue weighted by Gasteiger charge is -2.21. The van der Waals surface area contributed by atoms with E-state index < -0.39 is 0 Å². The van der Waals surface area contributed by atoms with E-state index in [-0.39, 0.29) is 17.2 Å². The van der Waals surface area contributed by atoms with Gasteiger partial charge in [-0.25, -0.2) is 0 Å². The number of hydrogen-bond donors (Lipinski definition) is 1. The Balaban J connectivity index is 1.88. The predicted octanol–water partition coefficient (Wildman–Crippen LogP) is 3.48. The monoisotopic (exact) mass is 342 g/mol. The number of methoxy groups -OCH3 is 1. The molecule has 2 aromatic rings. The quantitative estimate of drug-likeness (QED) is 0.868. The highest BCUT2D eigenvalue weighted by atomic mass is 32.2. The number of aliphatic imine (C=N–C) groups is 1. The van der Waals surface area contributed by atoms with Crippen LogP contribution in [0.4, 0.5) is 5.69 Å². The summed E-state index contributed by atoms with van der Waals surface area (Å²) in [4.78, 5) is 19.5. The maximum absolute atomic E-state index is 12.8. The van der Waals surface area contributed by atoms with Gasteiger partial charge in [0, 0.05) is 29.8 Å². The van der Waals surface area contributed by atoms with Crippen molar-refractivity contribution in [1.82, 2.24) is 4.90 Å². The van der Waals surface area contributed by atoms with E-state index in [0.717, 1.165) is 22.0 Å². The molecule has 1 N–H and O–H groups in total. The standard InChI is InChI=1S/C18H18N2O3S/c1-19-13-3-5-15(16(21)10-13)18(22)20-7-8-24-17-6-4-14(23-2)9-12(17)11-20/h3-6,9-10,21H,1,7-8,11H2,2H3. The number of carbonyl (C=O) groups excluding carboxylic acids is 1. The zero-order valence-electron chi connectivity index (χ0n) is 13.4. The summed E-state index contributed by atoms with van der Waals surface area (Å²) in [6, 6.07) is 10.6. The van der Waals surface area contributed by atoms with Crippen molar-refractivity contribution in [3.8, 4) is 11.5 Å². The second-order valence-electron chi connectivity index (χ2n) is 5.41. The van der Waals surface area contributed by atoms with Crippen molar-refractivity contribution >= 4 is 30.1 Å². The third-order valence-corrected chi connectivity index (χ3v) is 5.03. The lowest BCUT2D eigenvalue weighted by molar-refractivity contribution is 0.0751. The van der Waals surface area contributed by atoms with E-state index in [1.54, 1.807) is 35.9 Å². The second kappa shape index (κ2) is 6.97. The fourth-order valence-electron chi connectivity index (χ4n) is 2.64. The van der Waals surface area contributed by atoms with E-state index in [2.05, 4.69) is 11.7 Å². The molecule has 1 heterocycles. The van der Waals surface area contributed by atoms with Crippen LogP contribution in [0.1, 0.15) is 15.9 Å². The van der Waals surface area contributed by atoms with Crippen LogP contribution in [-0.4, -0.2) is 42.0 Å². The summed E-state index contributed by atoms with van der Waals surface area (Å²) < 4.78 is 5.28. The molecule has 0 aromatic heterocycles. The maximum Gasteiger partial charge on any atom is 0.257 e. The van der Waals surface area contributed by atoms with E-state index in [0.29, 0.717) is 18.8 Å². The normalized spacial score (nSPS) is 13.8. The average Bonchev–Trinajstić information content (AvgIpc) is 2.82. The summed E-state index contributed by atoms with van der Waals surface area (Å²) >= 11 is 1.72. The molecule has 24 heavy (non-hydrogen) atoms. The van der Waals surface area contributed by atoms with Crippen LogP contribution in [0.3, 0.4) is 0 Å². The van der Waals surface area contributed by atoms with Gasteiger partial charge < -0.3 is 14.7 Å². The molecule has 3 rings (SSSR count). The minimum absolute atomic E-state index is 0.0762. The molecule has 0 saturated carbocycles. The smallest absolute Gasteiger partial charge is 0.257 e. The number of fused-ring (bicyclic) bond motifs is 1. The Morgan fingerprint density at radius 2 is 2.17 bits per heavy atom. The fourth-order valence-corrected chi connectivity index (χ4v) is 3.65. The molecule has 5 nitrogen and oxygen atoms in total. The van der Waals surface area contributed by atoms with Gasteiger partial charge in [-0.3, -0.25) is 9.79 Å². The van der Waals surface area contributed by atoms with Crippen molar-refractivity contribution in [2.75, 3.05) is 19.4 Å². The zero-order valence-corrected chi connectivity index (χ0v) is 14.2. The molecule has 0 aliphatic carbocycles. The van der Waals surface area contributed by atoms with Crippen LogP contribution >= 0.6 is 11.8 Å². The Bertz CT molecular complexity index is 792. The van der Waals surface area contributed by atoms with Gasteiger partial charge in [0.1, 0.15) is 11.5 Å². The molecule has 0 bridgehead atoms. The lowest BCUT2D eigenvalue weighted by atomic mass is 10.1. The van der Waals surface area contributed by atoms with Crippen LogP contribution in [-0.2, 0) is 6.54 Å². The van der Waals surface area contributed by atoms with Gasteiger partial charge in [-0.15, -0.1) is 11.8 Å². The zero-order chi connectivity index (χ0) is 17.1. The predicted molar refractivity (Wildman–Crippen MR) is 95.8 cm³/mol. The molecular formula is C18H18N2O3S. The van der Waals surface area contributed by atoms with Gasteiger partial charge in [0.15, 0.2) is 0 Å². The summed E-state index contributed by atoms with van der Waals surface area (Å²) in [5.41, 5.74) is 1.86. The summed E-state index contributed by atoms with van der Waals surface area (Å²) in [7, 11) is 1.63. The molecule has 0 unspecified atom stereocenters. The summed E-state index contributed by atoms with van der Waals surface area (Å²) in [6.45, 7) is 4.52. The van der Waals surface area contributed by atoms with Crippen molar-refractivity contribution in [3.63, 3.8) is 0 Å². The van der Waals surface area contributed by atoms with Crippen molar-refractivity contribution in [1.29, 1.82) is 0 Å². The van der Waals surface area contributed by atoms with Crippen LogP contribution in [0.2, 0.25) is 0 Å². The van der Waals surface area contributed by atoms with Gasteiger partial charge >= 0.3 is 0 Å². The molecule has 124 valence electrons. The third kappa shape index (κ3) is 3.23. The summed E-state index contributed by atoms with van der Waals surface area (Å²) in [6.07, 6.45) is 0. The largest absolute Gasteiger partial charge is 0.507 e. The Hall–Kier alpha value is -2.47. The van der Waals surface area contributed by atoms with E-state index in [1.807, 2.05) is 18.2 Å². The molecule has 0 fully saturated rings. The Morgan fingerprint density at radius 3 is 2.88 bits per heavy atom. The molecule has 6 heteroatoms. The summed E-state index contributed by atoms with van der Waals surface area (Å²) in [5, 5.41) is 10.1. The third-order valence-electron chi connectivity index (χ3n) is 3.93. The number of nitrogens with zero attached hydrogens (tertiary/aromatic N) is 2. The highest BCUT2D eigenvalue weighted by molar-refractivity contribution is 7.99. The van der Waals surface area contributed by atoms with Gasteiger partial charge in [-0.05, 0) is 42.6 Å². The number of thioether (sulfide) groups is 1. The van der Waals surface area contributed by atoms with Gasteiger partial charge in [0.25, 0.3) is 5.91 Å². The highest BCUT2D eigenvalue weighted by Gasteiger charge is 2.23. The van der Waals surface area contributed by atoms with Crippen LogP contribution in [0, 0.1) is 0 Å². The van der Waals surface area contributed by atoms with E-state index in [9.17, 15) is 9.90 Å². The second-order valence-corrected chi connectivity index (χ2v) is 6.55. The van der Waals surface area contributed by atoms with Gasteiger partial charge in [0.2, 0.25) is 0 Å². The molecule has 1 aliphatic rings. The number of carbonyl (C=O) groups is 1. The highest BCUT2D eigenvalue weighted by Crippen LogP contribution is 2.32. The first-order valence-corrected chi connectivity index (χ1v) is 8.49. The number of phenols is 1. The molecule has 0 saturated heterocycles. The summed E-state index contributed by atoms with van der Waals surface area (Å²) in [5.74, 6) is 1.30. The van der Waals surface area contributed by atoms with Gasteiger partial charge in [-0.2, -0.15) is 0 Å². The van der Waals surface area contributed by atoms with Crippen LogP contribution in [0.5, 0.6) is 11.5 Å². The Labute approximate surface area is 145 Å². The van der Waals surface area contributed by atoms with Crippen LogP contribution in [0.15, 0.2) is 46.3 Å². The molecule has 0 spiro atoms. The van der Waals surface area contributed by atoms with Crippen molar-refractivity contribution in [3.05, 3.63) is 47.5 Å². The Morgan fingerprint density at radius 1 is 1.33 bits per heavy atom. The SMILES string of the molecule is C=Nc1ccc(C(=O)N2CCSc3ccc(OC)cc3C2)c(O)c1. The molecule has 0 atom stereocenters. The minimum Gasteiger partial charge on any atom is -0.507 e. The number of benzene rings is 2. The fraction of sp³-hybridized carbons (Fsp3) is 0.222. The van der Waals surface area contributed by atoms with E-state index >= 15 is 0 Å². The maximum atomic E-state index is 12.8. The Kier molecular flexibility index (Phi) is 4.76. The minimum atomic E-state index is -0.195. The van der Waals surface area contributed by atoms with Crippen molar-refractivity contribution in [2.45, 2.75) is 11.4 Å². The van der Waals surface area contributed by atoms with E-state index in [4.69, 9.17) is 4.74 Å². The number of aromatic hydroxyl groups is 1. The van der Waals surface area contributed by atoms with Crippen molar-refractivity contribution < 1.29 is 14.6 Å². The van der Waals surface area contributed by atoms with Crippen LogP contribution < -0.4 is 4.74 Å². The number of phenolic OH excluding ortho intramolecular Hbond substituents is 1. The first-order valence-electron chi connectivity index (χ1n) is 7.51. The van der Waals surface area contributed by atoms with Gasteiger partial charge in [-0.1, -0.05) is 0 Å². The van der Waals surface area contributed by atoms with E-state index in [1.165, 1.54) is 6.07 Å². The van der Waals surface area contributed by atoms with Gasteiger partial charge in [0.05, 0.1) is 18.4 Å². The molecule has 2 aromatic carbocycles. The molecule has 0 radical (unpaired) electrons. The molecule has 1 aliphatic heterocycles. The topological polar surface area (TPSA) is 62.1 Å². The number of ether oxygens (including phenoxy) is 1. The first-order chi connectivity index (χ1) is 11.6. The first kappa shape index (κ1) is 16.4. The number of rotatable bonds is 3.